The molecule has 2 aliphatic rings. The summed E-state index contributed by atoms with van der Waals surface area (Å²) in [5.41, 5.74) is 18.7. The summed E-state index contributed by atoms with van der Waals surface area (Å²) in [4.78, 5) is 2.62. The van der Waals surface area contributed by atoms with Crippen molar-refractivity contribution in [2.24, 2.45) is 0 Å². The van der Waals surface area contributed by atoms with Crippen LogP contribution < -0.4 is 15.8 Å². The molecule has 4 heterocycles. The first-order valence-electron chi connectivity index (χ1n) is 18.4. The molecular formula is C48H37BN2O. The number of para-hydroxylation sites is 3. The monoisotopic (exact) mass is 668 g/mol. The van der Waals surface area contributed by atoms with E-state index in [1.54, 1.807) is 0 Å². The Morgan fingerprint density at radius 2 is 1.40 bits per heavy atom. The van der Waals surface area contributed by atoms with Gasteiger partial charge >= 0.3 is 6.85 Å². The molecule has 3 nitrogen and oxygen atoms in total. The molecule has 2 aliphatic heterocycles. The van der Waals surface area contributed by atoms with Crippen molar-refractivity contribution in [1.29, 1.82) is 0 Å². The number of hydrogen-bond donors (Lipinski definition) is 0. The Bertz CT molecular complexity index is 2940. The molecule has 0 amide bonds. The second-order valence-electron chi connectivity index (χ2n) is 15.8. The van der Waals surface area contributed by atoms with Crippen molar-refractivity contribution in [3.63, 3.8) is 0 Å². The molecule has 248 valence electrons. The Morgan fingerprint density at radius 1 is 0.635 bits per heavy atom. The standard InChI is InChI=1S/C48H37BN2O/c1-29-25-38-35-18-12-17-34-33-15-8-10-19-40(33)51(46(34)35)49-39-23-24-43-44(36-16-9-11-20-42(36)52-43)47(39)50(41(26-29)45(38)49)28-31-21-22-32(48(2,3)4)27-37(31)30-13-6-5-7-14-30/h5-27H,28H2,1-4H3. The molecule has 0 fully saturated rings. The van der Waals surface area contributed by atoms with Crippen molar-refractivity contribution in [3.8, 4) is 22.3 Å². The average Bonchev–Trinajstić information content (AvgIpc) is 3.71. The van der Waals surface area contributed by atoms with E-state index < -0.39 is 0 Å². The Kier molecular flexibility index (Phi) is 6.01. The van der Waals surface area contributed by atoms with Crippen LogP contribution in [0.25, 0.3) is 66.0 Å². The van der Waals surface area contributed by atoms with Crippen LogP contribution in [0, 0.1) is 6.92 Å². The fourth-order valence-corrected chi connectivity index (χ4v) is 9.32. The third-order valence-corrected chi connectivity index (χ3v) is 11.6. The summed E-state index contributed by atoms with van der Waals surface area (Å²) in [7, 11) is 0. The highest BCUT2D eigenvalue weighted by molar-refractivity contribution is 6.90. The van der Waals surface area contributed by atoms with Gasteiger partial charge in [0.15, 0.2) is 0 Å². The van der Waals surface area contributed by atoms with Gasteiger partial charge in [0.25, 0.3) is 0 Å². The van der Waals surface area contributed by atoms with Gasteiger partial charge in [-0.05, 0) is 80.9 Å². The molecule has 7 aromatic carbocycles. The number of aromatic nitrogens is 1. The van der Waals surface area contributed by atoms with Gasteiger partial charge in [-0.25, -0.2) is 0 Å². The molecule has 2 aromatic heterocycles. The first kappa shape index (κ1) is 29.7. The van der Waals surface area contributed by atoms with Crippen molar-refractivity contribution in [1.82, 2.24) is 4.48 Å². The van der Waals surface area contributed by atoms with Gasteiger partial charge in [-0.1, -0.05) is 136 Å². The number of anilines is 2. The number of hydrogen-bond acceptors (Lipinski definition) is 2. The molecular weight excluding hydrogens is 631 g/mol. The first-order chi connectivity index (χ1) is 25.3. The predicted octanol–water partition coefficient (Wildman–Crippen LogP) is 11.3. The van der Waals surface area contributed by atoms with E-state index in [4.69, 9.17) is 4.42 Å². The Morgan fingerprint density at radius 3 is 2.25 bits per heavy atom. The van der Waals surface area contributed by atoms with E-state index >= 15 is 0 Å². The van der Waals surface area contributed by atoms with Gasteiger partial charge < -0.3 is 13.8 Å². The first-order valence-corrected chi connectivity index (χ1v) is 18.4. The van der Waals surface area contributed by atoms with Crippen molar-refractivity contribution in [2.45, 2.75) is 39.7 Å². The maximum absolute atomic E-state index is 6.62. The fourth-order valence-electron chi connectivity index (χ4n) is 9.32. The lowest BCUT2D eigenvalue weighted by Gasteiger charge is -2.41. The summed E-state index contributed by atoms with van der Waals surface area (Å²) in [5, 5.41) is 4.95. The maximum Gasteiger partial charge on any atom is 0.333 e. The molecule has 0 N–H and O–H groups in total. The van der Waals surface area contributed by atoms with Crippen LogP contribution in [0.3, 0.4) is 0 Å². The molecule has 0 saturated heterocycles. The second-order valence-corrected chi connectivity index (χ2v) is 15.8. The summed E-state index contributed by atoms with van der Waals surface area (Å²) >= 11 is 0. The van der Waals surface area contributed by atoms with Crippen molar-refractivity contribution in [3.05, 3.63) is 156 Å². The zero-order valence-corrected chi connectivity index (χ0v) is 29.9. The summed E-state index contributed by atoms with van der Waals surface area (Å²) in [6.45, 7) is 9.88. The quantitative estimate of drug-likeness (QED) is 0.175. The lowest BCUT2D eigenvalue weighted by molar-refractivity contribution is 0.590. The molecule has 0 aliphatic carbocycles. The maximum atomic E-state index is 6.62. The van der Waals surface area contributed by atoms with E-state index in [1.807, 2.05) is 0 Å². The zero-order chi connectivity index (χ0) is 34.9. The minimum absolute atomic E-state index is 0.00377. The van der Waals surface area contributed by atoms with E-state index in [0.29, 0.717) is 6.54 Å². The minimum Gasteiger partial charge on any atom is -0.456 e. The van der Waals surface area contributed by atoms with Crippen LogP contribution in [0.5, 0.6) is 0 Å². The summed E-state index contributed by atoms with van der Waals surface area (Å²) < 4.78 is 9.26. The molecule has 0 atom stereocenters. The summed E-state index contributed by atoms with van der Waals surface area (Å²) in [6, 6.07) is 51.8. The van der Waals surface area contributed by atoms with Gasteiger partial charge in [-0.2, -0.15) is 0 Å². The third kappa shape index (κ3) is 4.04. The lowest BCUT2D eigenvalue weighted by atomic mass is 9.45. The van der Waals surface area contributed by atoms with Crippen LogP contribution in [-0.4, -0.2) is 11.3 Å². The highest BCUT2D eigenvalue weighted by Gasteiger charge is 2.43. The van der Waals surface area contributed by atoms with E-state index in [1.165, 1.54) is 88.4 Å². The van der Waals surface area contributed by atoms with E-state index in [-0.39, 0.29) is 12.3 Å². The van der Waals surface area contributed by atoms with Crippen LogP contribution in [0.4, 0.5) is 11.4 Å². The van der Waals surface area contributed by atoms with Crippen molar-refractivity contribution in [2.75, 3.05) is 4.90 Å². The number of fused-ring (bicyclic) bond motifs is 11. The van der Waals surface area contributed by atoms with Crippen molar-refractivity contribution >= 4 is 72.9 Å². The molecule has 9 aromatic rings. The van der Waals surface area contributed by atoms with Gasteiger partial charge in [0.05, 0.1) is 11.1 Å². The van der Waals surface area contributed by atoms with Crippen LogP contribution in [0.2, 0.25) is 0 Å². The largest absolute Gasteiger partial charge is 0.456 e. The molecule has 0 bridgehead atoms. The topological polar surface area (TPSA) is 21.3 Å². The van der Waals surface area contributed by atoms with E-state index in [9.17, 15) is 0 Å². The van der Waals surface area contributed by atoms with E-state index in [2.05, 4.69) is 177 Å². The van der Waals surface area contributed by atoms with Gasteiger partial charge in [-0.3, -0.25) is 0 Å². The minimum atomic E-state index is 0.00377. The highest BCUT2D eigenvalue weighted by Crippen LogP contribution is 2.47. The van der Waals surface area contributed by atoms with Crippen molar-refractivity contribution < 1.29 is 4.42 Å². The third-order valence-electron chi connectivity index (χ3n) is 11.6. The number of aryl methyl sites for hydroxylation is 1. The number of nitrogens with zero attached hydrogens (tertiary/aromatic N) is 2. The van der Waals surface area contributed by atoms with Crippen LogP contribution in [0.15, 0.2) is 144 Å². The normalized spacial score (nSPS) is 13.4. The number of rotatable bonds is 3. The van der Waals surface area contributed by atoms with Gasteiger partial charge in [-0.15, -0.1) is 0 Å². The molecule has 0 unspecified atom stereocenters. The summed E-state index contributed by atoms with van der Waals surface area (Å²) in [6.07, 6.45) is 0. The Hall–Kier alpha value is -6.00. The highest BCUT2D eigenvalue weighted by atomic mass is 16.3. The smallest absolute Gasteiger partial charge is 0.333 e. The molecule has 0 saturated carbocycles. The molecule has 4 heteroatoms. The van der Waals surface area contributed by atoms with Gasteiger partial charge in [0.1, 0.15) is 11.2 Å². The van der Waals surface area contributed by atoms with Crippen LogP contribution >= 0.6 is 0 Å². The SMILES string of the molecule is Cc1cc2c3c(c1)N(Cc1ccc(C(C)(C)C)cc1-c1ccccc1)c1c(ccc4oc5ccccc5c14)B3n1c3ccccc3c3cccc-2c31. The summed E-state index contributed by atoms with van der Waals surface area (Å²) in [5.74, 6) is 0. The predicted molar refractivity (Wildman–Crippen MR) is 220 cm³/mol. The molecule has 0 radical (unpaired) electrons. The average molecular weight is 669 g/mol. The molecule has 0 spiro atoms. The zero-order valence-electron chi connectivity index (χ0n) is 29.9. The van der Waals surface area contributed by atoms with E-state index in [0.717, 1.165) is 16.6 Å². The fraction of sp³-hybridized carbons (Fsp3) is 0.125. The molecule has 11 rings (SSSR count). The number of furan rings is 1. The van der Waals surface area contributed by atoms with Crippen LogP contribution in [-0.2, 0) is 12.0 Å². The second kappa shape index (κ2) is 10.5. The Labute approximate surface area is 303 Å². The van der Waals surface area contributed by atoms with Gasteiger partial charge in [0.2, 0.25) is 0 Å². The molecule has 52 heavy (non-hydrogen) atoms. The Balaban J connectivity index is 1.26. The van der Waals surface area contributed by atoms with Gasteiger partial charge in [0, 0.05) is 45.0 Å². The number of benzene rings is 7. The lowest BCUT2D eigenvalue weighted by Crippen LogP contribution is -2.57. The van der Waals surface area contributed by atoms with Crippen LogP contribution in [0.1, 0.15) is 37.5 Å².